The van der Waals surface area contributed by atoms with Gasteiger partial charge in [-0.2, -0.15) is 13.2 Å². The number of hydrogen-bond acceptors (Lipinski definition) is 5. The number of hydrogen-bond donors (Lipinski definition) is 2. The summed E-state index contributed by atoms with van der Waals surface area (Å²) < 4.78 is 59.2. The first-order valence-corrected chi connectivity index (χ1v) is 12.6. The highest BCUT2D eigenvalue weighted by Gasteiger charge is 2.30. The first kappa shape index (κ1) is 27.8. The molecule has 1 saturated heterocycles. The van der Waals surface area contributed by atoms with Crippen molar-refractivity contribution in [3.05, 3.63) is 71.4 Å². The highest BCUT2D eigenvalue weighted by Crippen LogP contribution is 2.31. The van der Waals surface area contributed by atoms with Gasteiger partial charge in [0.05, 0.1) is 24.7 Å². The summed E-state index contributed by atoms with van der Waals surface area (Å²) >= 11 is 0. The van der Waals surface area contributed by atoms with Gasteiger partial charge in [-0.1, -0.05) is 17.9 Å². The van der Waals surface area contributed by atoms with Crippen molar-refractivity contribution in [2.24, 2.45) is 5.92 Å². The molecule has 1 aliphatic heterocycles. The van der Waals surface area contributed by atoms with E-state index in [1.807, 2.05) is 6.07 Å². The lowest BCUT2D eigenvalue weighted by atomic mass is 9.92. The molecule has 2 N–H and O–H groups in total. The van der Waals surface area contributed by atoms with Crippen LogP contribution in [-0.2, 0) is 6.18 Å². The summed E-state index contributed by atoms with van der Waals surface area (Å²) in [6.07, 6.45) is -2.95. The van der Waals surface area contributed by atoms with Crippen LogP contribution >= 0.6 is 0 Å². The summed E-state index contributed by atoms with van der Waals surface area (Å²) in [5, 5.41) is 14.1. The third kappa shape index (κ3) is 7.01. The van der Waals surface area contributed by atoms with Crippen LogP contribution in [0.2, 0.25) is 0 Å². The van der Waals surface area contributed by atoms with Gasteiger partial charge in [-0.25, -0.2) is 4.39 Å². The molecule has 1 fully saturated rings. The maximum atomic E-state index is 15.2. The molecular weight excluding hydrogens is 498 g/mol. The van der Waals surface area contributed by atoms with Crippen LogP contribution in [0.5, 0.6) is 5.75 Å². The van der Waals surface area contributed by atoms with Crippen molar-refractivity contribution in [2.45, 2.75) is 31.2 Å². The van der Waals surface area contributed by atoms with Crippen LogP contribution in [-0.4, -0.2) is 60.9 Å². The van der Waals surface area contributed by atoms with E-state index in [9.17, 15) is 18.3 Å². The van der Waals surface area contributed by atoms with Gasteiger partial charge < -0.3 is 15.2 Å². The number of fused-ring (bicyclic) bond motifs is 1. The van der Waals surface area contributed by atoms with E-state index in [0.717, 1.165) is 30.5 Å². The molecule has 202 valence electrons. The van der Waals surface area contributed by atoms with Crippen molar-refractivity contribution in [2.75, 3.05) is 39.9 Å². The van der Waals surface area contributed by atoms with Crippen LogP contribution in [0.3, 0.4) is 0 Å². The van der Waals surface area contributed by atoms with Crippen molar-refractivity contribution in [1.29, 1.82) is 0 Å². The number of rotatable bonds is 8. The fourth-order valence-electron chi connectivity index (χ4n) is 4.83. The van der Waals surface area contributed by atoms with Crippen LogP contribution in [0.15, 0.2) is 54.7 Å². The molecule has 38 heavy (non-hydrogen) atoms. The molecule has 4 rings (SSSR count). The van der Waals surface area contributed by atoms with E-state index in [4.69, 9.17) is 4.74 Å². The highest BCUT2D eigenvalue weighted by atomic mass is 19.4. The van der Waals surface area contributed by atoms with Gasteiger partial charge in [-0.05, 0) is 67.4 Å². The molecule has 3 aromatic rings. The smallest absolute Gasteiger partial charge is 0.416 e. The van der Waals surface area contributed by atoms with Gasteiger partial charge in [0.25, 0.3) is 0 Å². The Balaban J connectivity index is 1.28. The van der Waals surface area contributed by atoms with Crippen LogP contribution in [0.1, 0.15) is 35.7 Å². The number of pyridine rings is 1. The van der Waals surface area contributed by atoms with Crippen molar-refractivity contribution in [1.82, 2.24) is 15.2 Å². The Morgan fingerprint density at radius 3 is 2.82 bits per heavy atom. The average Bonchev–Trinajstić information content (AvgIpc) is 2.92. The Morgan fingerprint density at radius 1 is 1.21 bits per heavy atom. The number of alkyl halides is 4. The monoisotopic (exact) mass is 529 g/mol. The highest BCUT2D eigenvalue weighted by molar-refractivity contribution is 5.83. The summed E-state index contributed by atoms with van der Waals surface area (Å²) in [5.41, 5.74) is 0.881. The molecule has 2 aromatic carbocycles. The van der Waals surface area contributed by atoms with Crippen molar-refractivity contribution < 1.29 is 27.4 Å². The molecule has 0 bridgehead atoms. The Kier molecular flexibility index (Phi) is 9.21. The summed E-state index contributed by atoms with van der Waals surface area (Å²) in [6.45, 7) is 2.14. The minimum Gasteiger partial charge on any atom is -0.497 e. The van der Waals surface area contributed by atoms with Crippen LogP contribution < -0.4 is 10.1 Å². The van der Waals surface area contributed by atoms with Gasteiger partial charge in [0.1, 0.15) is 11.9 Å². The predicted molar refractivity (Wildman–Crippen MR) is 139 cm³/mol. The molecule has 0 aliphatic carbocycles. The summed E-state index contributed by atoms with van der Waals surface area (Å²) in [6, 6.07) is 12.1. The molecule has 0 amide bonds. The van der Waals surface area contributed by atoms with Gasteiger partial charge in [0, 0.05) is 48.8 Å². The normalized spacial score (nSPS) is 19.1. The minimum atomic E-state index is -4.40. The lowest BCUT2D eigenvalue weighted by Crippen LogP contribution is -2.51. The Labute approximate surface area is 219 Å². The lowest BCUT2D eigenvalue weighted by molar-refractivity contribution is -0.137. The third-order valence-electron chi connectivity index (χ3n) is 6.90. The number of aliphatic hydroxyl groups excluding tert-OH is 1. The van der Waals surface area contributed by atoms with Crippen molar-refractivity contribution >= 4 is 10.9 Å². The summed E-state index contributed by atoms with van der Waals surface area (Å²) in [5.74, 6) is 6.35. The maximum absolute atomic E-state index is 15.2. The number of nitrogens with zero attached hydrogens (tertiary/aromatic N) is 2. The zero-order chi connectivity index (χ0) is 27.1. The Hall–Kier alpha value is -3.19. The number of ether oxygens (including phenoxy) is 1. The molecule has 3 atom stereocenters. The van der Waals surface area contributed by atoms with Crippen LogP contribution in [0.4, 0.5) is 17.6 Å². The first-order chi connectivity index (χ1) is 18.3. The maximum Gasteiger partial charge on any atom is 0.416 e. The number of benzene rings is 2. The van der Waals surface area contributed by atoms with E-state index < -0.39 is 17.9 Å². The second kappa shape index (κ2) is 12.6. The van der Waals surface area contributed by atoms with Gasteiger partial charge in [0.15, 0.2) is 0 Å². The third-order valence-corrected chi connectivity index (χ3v) is 6.90. The van der Waals surface area contributed by atoms with Gasteiger partial charge in [0.2, 0.25) is 0 Å². The molecule has 1 unspecified atom stereocenters. The number of piperidine rings is 1. The fourth-order valence-corrected chi connectivity index (χ4v) is 4.83. The second-order valence-corrected chi connectivity index (χ2v) is 9.45. The largest absolute Gasteiger partial charge is 0.497 e. The van der Waals surface area contributed by atoms with E-state index in [0.29, 0.717) is 42.0 Å². The number of aliphatic hydroxyl groups is 1. The fraction of sp³-hybridized carbons (Fsp3) is 0.414. The zero-order valence-electron chi connectivity index (χ0n) is 21.1. The van der Waals surface area contributed by atoms with E-state index in [-0.39, 0.29) is 25.0 Å². The molecule has 2 heterocycles. The van der Waals surface area contributed by atoms with Crippen LogP contribution in [0, 0.1) is 17.8 Å². The standard InChI is InChI=1S/C29H31F4N3O2/c1-38-23-7-8-28-25(17-23)24(9-12-35-28)26(30)10-13-34-27-11-15-36(18-21(27)19-37)14-3-5-20-4-2-6-22(16-20)29(31,32)33/h2,4,6-9,12,16-17,21,26-27,34,37H,10-11,13-15,18-19H2,1H3/t21-,26?,27+/m0/s1. The van der Waals surface area contributed by atoms with Gasteiger partial charge >= 0.3 is 6.18 Å². The SMILES string of the molecule is COc1ccc2nccc(C(F)CCN[C@@H]3CCN(CC#Cc4cccc(C(F)(F)F)c4)C[C@H]3CO)c2c1. The van der Waals surface area contributed by atoms with Crippen molar-refractivity contribution in [3.8, 4) is 17.6 Å². The molecule has 9 heteroatoms. The minimum absolute atomic E-state index is 0.0247. The topological polar surface area (TPSA) is 57.6 Å². The quantitative estimate of drug-likeness (QED) is 0.318. The van der Waals surface area contributed by atoms with E-state index in [2.05, 4.69) is 27.0 Å². The molecular formula is C29H31F4N3O2. The molecule has 0 radical (unpaired) electrons. The van der Waals surface area contributed by atoms with Gasteiger partial charge in [-0.15, -0.1) is 0 Å². The number of likely N-dealkylation sites (tertiary alicyclic amines) is 1. The number of halogens is 4. The molecule has 1 aromatic heterocycles. The molecule has 5 nitrogen and oxygen atoms in total. The molecule has 0 spiro atoms. The van der Waals surface area contributed by atoms with E-state index in [1.54, 1.807) is 37.6 Å². The Morgan fingerprint density at radius 2 is 2.05 bits per heavy atom. The Bertz CT molecular complexity index is 1290. The van der Waals surface area contributed by atoms with E-state index >= 15 is 4.39 Å². The molecule has 1 aliphatic rings. The van der Waals surface area contributed by atoms with Crippen LogP contribution in [0.25, 0.3) is 10.9 Å². The predicted octanol–water partition coefficient (Wildman–Crippen LogP) is 4.99. The molecule has 0 saturated carbocycles. The summed E-state index contributed by atoms with van der Waals surface area (Å²) in [4.78, 5) is 6.39. The summed E-state index contributed by atoms with van der Waals surface area (Å²) in [7, 11) is 1.57. The zero-order valence-corrected chi connectivity index (χ0v) is 21.1. The van der Waals surface area contributed by atoms with Crippen molar-refractivity contribution in [3.63, 3.8) is 0 Å². The van der Waals surface area contributed by atoms with Gasteiger partial charge in [-0.3, -0.25) is 9.88 Å². The first-order valence-electron chi connectivity index (χ1n) is 12.6. The second-order valence-electron chi connectivity index (χ2n) is 9.45. The number of nitrogens with one attached hydrogen (secondary N) is 1. The number of methoxy groups -OCH3 is 1. The van der Waals surface area contributed by atoms with E-state index in [1.165, 1.54) is 6.07 Å². The lowest BCUT2D eigenvalue weighted by Gasteiger charge is -2.37. The number of aromatic nitrogens is 1. The average molecular weight is 530 g/mol.